The van der Waals surface area contributed by atoms with Crippen molar-refractivity contribution in [2.75, 3.05) is 18.4 Å². The summed E-state index contributed by atoms with van der Waals surface area (Å²) in [4.78, 5) is 28.5. The number of nitrogens with one attached hydrogen (secondary N) is 1. The molecule has 0 heterocycles. The minimum Gasteiger partial charge on any atom is -0.339 e. The van der Waals surface area contributed by atoms with E-state index in [1.54, 1.807) is 28.8 Å². The smallest absolute Gasteiger partial charge is 0.255 e. The molecule has 4 nitrogen and oxygen atoms in total. The molecule has 0 aliphatic carbocycles. The zero-order valence-electron chi connectivity index (χ0n) is 18.2. The van der Waals surface area contributed by atoms with E-state index in [4.69, 9.17) is 0 Å². The zero-order chi connectivity index (χ0) is 22.2. The van der Waals surface area contributed by atoms with E-state index in [0.717, 1.165) is 11.3 Å². The van der Waals surface area contributed by atoms with Crippen LogP contribution < -0.4 is 5.32 Å². The van der Waals surface area contributed by atoms with Crippen molar-refractivity contribution < 1.29 is 9.59 Å². The summed E-state index contributed by atoms with van der Waals surface area (Å²) in [6, 6.07) is 23.2. The van der Waals surface area contributed by atoms with Gasteiger partial charge >= 0.3 is 0 Å². The van der Waals surface area contributed by atoms with Gasteiger partial charge in [0.2, 0.25) is 0 Å². The van der Waals surface area contributed by atoms with Crippen molar-refractivity contribution in [3.63, 3.8) is 0 Å². The average molecular weight is 433 g/mol. The number of para-hydroxylation sites is 1. The van der Waals surface area contributed by atoms with Crippen LogP contribution in [0.2, 0.25) is 0 Å². The highest BCUT2D eigenvalue weighted by Crippen LogP contribution is 2.24. The van der Waals surface area contributed by atoms with Gasteiger partial charge in [-0.15, -0.1) is 11.8 Å². The molecule has 1 N–H and O–H groups in total. The molecule has 0 spiro atoms. The van der Waals surface area contributed by atoms with E-state index in [0.29, 0.717) is 29.9 Å². The van der Waals surface area contributed by atoms with Crippen molar-refractivity contribution in [1.82, 2.24) is 4.90 Å². The van der Waals surface area contributed by atoms with Gasteiger partial charge in [-0.1, -0.05) is 42.0 Å². The summed E-state index contributed by atoms with van der Waals surface area (Å²) in [5, 5.41) is 2.90. The molecule has 31 heavy (non-hydrogen) atoms. The molecule has 0 aliphatic rings. The van der Waals surface area contributed by atoms with Gasteiger partial charge in [0, 0.05) is 29.3 Å². The highest BCUT2D eigenvalue weighted by Gasteiger charge is 2.17. The monoisotopic (exact) mass is 432 g/mol. The first kappa shape index (κ1) is 22.6. The maximum absolute atomic E-state index is 12.8. The average Bonchev–Trinajstić information content (AvgIpc) is 2.80. The van der Waals surface area contributed by atoms with Crippen molar-refractivity contribution >= 4 is 29.3 Å². The van der Waals surface area contributed by atoms with Gasteiger partial charge in [0.15, 0.2) is 0 Å². The molecular formula is C26H28N2O2S. The van der Waals surface area contributed by atoms with Gasteiger partial charge < -0.3 is 10.2 Å². The fourth-order valence-electron chi connectivity index (χ4n) is 3.21. The Hall–Kier alpha value is -3.05. The lowest BCUT2D eigenvalue weighted by atomic mass is 10.1. The highest BCUT2D eigenvalue weighted by molar-refractivity contribution is 7.98. The maximum atomic E-state index is 12.8. The van der Waals surface area contributed by atoms with E-state index in [1.165, 1.54) is 10.5 Å². The topological polar surface area (TPSA) is 49.4 Å². The molecule has 0 saturated carbocycles. The molecule has 0 radical (unpaired) electrons. The second kappa shape index (κ2) is 10.8. The summed E-state index contributed by atoms with van der Waals surface area (Å²) >= 11 is 1.77. The van der Waals surface area contributed by atoms with Crippen LogP contribution in [0.3, 0.4) is 0 Å². The number of carbonyl (C=O) groups is 2. The maximum Gasteiger partial charge on any atom is 0.255 e. The molecule has 0 bridgehead atoms. The molecule has 3 aromatic rings. The number of carbonyl (C=O) groups excluding carboxylic acids is 2. The van der Waals surface area contributed by atoms with Gasteiger partial charge in [-0.25, -0.2) is 0 Å². The first-order chi connectivity index (χ1) is 15.0. The molecule has 3 aromatic carbocycles. The largest absolute Gasteiger partial charge is 0.339 e. The predicted octanol–water partition coefficient (Wildman–Crippen LogP) is 6.02. The summed E-state index contributed by atoms with van der Waals surface area (Å²) in [5.41, 5.74) is 4.00. The summed E-state index contributed by atoms with van der Waals surface area (Å²) < 4.78 is 0. The number of rotatable bonds is 8. The predicted molar refractivity (Wildman–Crippen MR) is 129 cm³/mol. The Bertz CT molecular complexity index is 1030. The lowest BCUT2D eigenvalue weighted by Gasteiger charge is -2.20. The number of benzene rings is 3. The molecule has 160 valence electrons. The quantitative estimate of drug-likeness (QED) is 0.443. The third kappa shape index (κ3) is 5.98. The van der Waals surface area contributed by atoms with Gasteiger partial charge in [0.05, 0.1) is 11.3 Å². The normalized spacial score (nSPS) is 10.5. The minimum atomic E-state index is -0.225. The summed E-state index contributed by atoms with van der Waals surface area (Å²) in [7, 11) is 0. The fraction of sp³-hybridized carbons (Fsp3) is 0.231. The Balaban J connectivity index is 1.66. The van der Waals surface area contributed by atoms with E-state index in [1.807, 2.05) is 50.2 Å². The number of amides is 2. The van der Waals surface area contributed by atoms with Gasteiger partial charge in [-0.2, -0.15) is 0 Å². The van der Waals surface area contributed by atoms with Crippen LogP contribution in [-0.2, 0) is 5.75 Å². The van der Waals surface area contributed by atoms with Crippen molar-refractivity contribution in [3.8, 4) is 0 Å². The standard InChI is InChI=1S/C26H28N2O2S/c1-4-28(5-2)26(30)23-8-6-7-9-24(23)27-25(29)21-14-12-20(13-15-21)18-31-22-16-10-19(3)11-17-22/h6-17H,4-5,18H2,1-3H3,(H,27,29). The molecule has 0 aliphatic heterocycles. The van der Waals surface area contributed by atoms with Crippen LogP contribution in [-0.4, -0.2) is 29.8 Å². The molecule has 0 fully saturated rings. The summed E-state index contributed by atoms with van der Waals surface area (Å²) in [5.74, 6) is 0.536. The summed E-state index contributed by atoms with van der Waals surface area (Å²) in [6.07, 6.45) is 0. The van der Waals surface area contributed by atoms with Crippen LogP contribution >= 0.6 is 11.8 Å². The first-order valence-corrected chi connectivity index (χ1v) is 11.5. The number of aryl methyl sites for hydroxylation is 1. The molecule has 0 unspecified atom stereocenters. The lowest BCUT2D eigenvalue weighted by Crippen LogP contribution is -2.31. The third-order valence-corrected chi connectivity index (χ3v) is 6.18. The Morgan fingerprint density at radius 2 is 1.52 bits per heavy atom. The number of thioether (sulfide) groups is 1. The number of hydrogen-bond acceptors (Lipinski definition) is 3. The van der Waals surface area contributed by atoms with Crippen LogP contribution in [0.1, 0.15) is 45.7 Å². The van der Waals surface area contributed by atoms with Crippen LogP contribution in [0, 0.1) is 6.92 Å². The Kier molecular flexibility index (Phi) is 7.90. The van der Waals surface area contributed by atoms with Gasteiger partial charge in [0.25, 0.3) is 11.8 Å². The number of anilines is 1. The van der Waals surface area contributed by atoms with Crippen molar-refractivity contribution in [3.05, 3.63) is 95.1 Å². The summed E-state index contributed by atoms with van der Waals surface area (Å²) in [6.45, 7) is 7.22. The molecular weight excluding hydrogens is 404 g/mol. The van der Waals surface area contributed by atoms with Crippen molar-refractivity contribution in [1.29, 1.82) is 0 Å². The van der Waals surface area contributed by atoms with Crippen molar-refractivity contribution in [2.24, 2.45) is 0 Å². The van der Waals surface area contributed by atoms with Crippen molar-refractivity contribution in [2.45, 2.75) is 31.4 Å². The Morgan fingerprint density at radius 3 is 2.16 bits per heavy atom. The van der Waals surface area contributed by atoms with Gasteiger partial charge in [-0.3, -0.25) is 9.59 Å². The van der Waals surface area contributed by atoms with E-state index in [2.05, 4.69) is 36.5 Å². The lowest BCUT2D eigenvalue weighted by molar-refractivity contribution is 0.0774. The van der Waals surface area contributed by atoms with Crippen LogP contribution in [0.15, 0.2) is 77.7 Å². The van der Waals surface area contributed by atoms with E-state index >= 15 is 0 Å². The third-order valence-electron chi connectivity index (χ3n) is 5.10. The molecule has 2 amide bonds. The molecule has 0 atom stereocenters. The number of hydrogen-bond donors (Lipinski definition) is 1. The van der Waals surface area contributed by atoms with Crippen LogP contribution in [0.25, 0.3) is 0 Å². The van der Waals surface area contributed by atoms with Gasteiger partial charge in [0.1, 0.15) is 0 Å². The highest BCUT2D eigenvalue weighted by atomic mass is 32.2. The zero-order valence-corrected chi connectivity index (χ0v) is 19.0. The van der Waals surface area contributed by atoms with Crippen LogP contribution in [0.5, 0.6) is 0 Å². The van der Waals surface area contributed by atoms with E-state index in [-0.39, 0.29) is 11.8 Å². The van der Waals surface area contributed by atoms with E-state index in [9.17, 15) is 9.59 Å². The second-order valence-electron chi connectivity index (χ2n) is 7.28. The van der Waals surface area contributed by atoms with Crippen LogP contribution in [0.4, 0.5) is 5.69 Å². The first-order valence-electron chi connectivity index (χ1n) is 10.5. The molecule has 0 aromatic heterocycles. The Labute approximate surface area is 188 Å². The molecule has 0 saturated heterocycles. The molecule has 3 rings (SSSR count). The SMILES string of the molecule is CCN(CC)C(=O)c1ccccc1NC(=O)c1ccc(CSc2ccc(C)cc2)cc1. The van der Waals surface area contributed by atoms with Gasteiger partial charge in [-0.05, 0) is 62.7 Å². The minimum absolute atomic E-state index is 0.0793. The molecule has 5 heteroatoms. The second-order valence-corrected chi connectivity index (χ2v) is 8.32. The fourth-order valence-corrected chi connectivity index (χ4v) is 4.06. The number of nitrogens with zero attached hydrogens (tertiary/aromatic N) is 1. The Morgan fingerprint density at radius 1 is 0.871 bits per heavy atom. The van der Waals surface area contributed by atoms with E-state index < -0.39 is 0 Å².